The maximum Gasteiger partial charge on any atom is 0.251 e. The van der Waals surface area contributed by atoms with Crippen molar-refractivity contribution in [3.8, 4) is 0 Å². The molecule has 0 aliphatic carbocycles. The van der Waals surface area contributed by atoms with E-state index >= 15 is 0 Å². The Labute approximate surface area is 136 Å². The Kier molecular flexibility index (Phi) is 5.18. The monoisotopic (exact) mass is 449 g/mol. The van der Waals surface area contributed by atoms with E-state index in [-0.39, 0.29) is 5.91 Å². The van der Waals surface area contributed by atoms with Crippen molar-refractivity contribution in [2.24, 2.45) is 0 Å². The molecule has 2 aromatic rings. The normalized spacial score (nSPS) is 10.5. The Morgan fingerprint density at radius 1 is 1.21 bits per heavy atom. The highest BCUT2D eigenvalue weighted by molar-refractivity contribution is 9.14. The summed E-state index contributed by atoms with van der Waals surface area (Å²) in [6.07, 6.45) is 0. The van der Waals surface area contributed by atoms with Crippen LogP contribution in [0.15, 0.2) is 44.0 Å². The van der Waals surface area contributed by atoms with Gasteiger partial charge < -0.3 is 5.32 Å². The summed E-state index contributed by atoms with van der Waals surface area (Å²) in [6.45, 7) is 1.09. The largest absolute Gasteiger partial charge is 0.350 e. The molecule has 0 saturated heterocycles. The minimum atomic E-state index is -0.0815. The fourth-order valence-electron chi connectivity index (χ4n) is 1.51. The lowest BCUT2D eigenvalue weighted by molar-refractivity contribution is 0.0952. The van der Waals surface area contributed by atoms with Gasteiger partial charge in [-0.05, 0) is 59.9 Å². The number of carbonyl (C=O) groups is 1. The first-order valence-electron chi connectivity index (χ1n) is 5.50. The van der Waals surface area contributed by atoms with Gasteiger partial charge in [-0.3, -0.25) is 9.48 Å². The molecule has 2 rings (SSSR count). The van der Waals surface area contributed by atoms with Crippen molar-refractivity contribution in [3.05, 3.63) is 49.6 Å². The van der Waals surface area contributed by atoms with Crippen LogP contribution >= 0.6 is 47.8 Å². The van der Waals surface area contributed by atoms with Gasteiger partial charge in [0.2, 0.25) is 0 Å². The van der Waals surface area contributed by atoms with E-state index in [0.717, 1.165) is 13.7 Å². The maximum absolute atomic E-state index is 11.8. The number of rotatable bonds is 4. The average Bonchev–Trinajstić information content (AvgIpc) is 2.67. The Morgan fingerprint density at radius 2 is 1.89 bits per heavy atom. The molecule has 1 aromatic carbocycles. The summed E-state index contributed by atoms with van der Waals surface area (Å²) in [5.41, 5.74) is 0.657. The number of amides is 1. The van der Waals surface area contributed by atoms with E-state index in [0.29, 0.717) is 18.7 Å². The summed E-state index contributed by atoms with van der Waals surface area (Å²) in [7, 11) is 0. The average molecular weight is 452 g/mol. The van der Waals surface area contributed by atoms with E-state index in [9.17, 15) is 4.79 Å². The lowest BCUT2D eigenvalue weighted by atomic mass is 10.2. The third kappa shape index (κ3) is 3.67. The number of benzene rings is 1. The Hall–Kier alpha value is -0.660. The second kappa shape index (κ2) is 6.67. The topological polar surface area (TPSA) is 46.9 Å². The fraction of sp³-hybridized carbons (Fsp3) is 0.167. The number of nitrogens with zero attached hydrogens (tertiary/aromatic N) is 2. The van der Waals surface area contributed by atoms with E-state index in [1.54, 1.807) is 16.8 Å². The molecule has 0 unspecified atom stereocenters. The van der Waals surface area contributed by atoms with Crippen LogP contribution in [-0.2, 0) is 6.54 Å². The highest BCUT2D eigenvalue weighted by atomic mass is 79.9. The molecule has 1 heterocycles. The maximum atomic E-state index is 11.8. The smallest absolute Gasteiger partial charge is 0.251 e. The van der Waals surface area contributed by atoms with Crippen molar-refractivity contribution in [1.29, 1.82) is 0 Å². The van der Waals surface area contributed by atoms with Gasteiger partial charge in [-0.1, -0.05) is 18.2 Å². The third-order valence-corrected chi connectivity index (χ3v) is 5.62. The first kappa shape index (κ1) is 14.7. The standard InChI is InChI=1S/C12H10Br3N3O/c13-9-10(14)17-18(11(9)15)7-6-16-12(19)8-4-2-1-3-5-8/h1-5H,6-7H2,(H,16,19). The van der Waals surface area contributed by atoms with Crippen LogP contribution < -0.4 is 5.32 Å². The summed E-state index contributed by atoms with van der Waals surface area (Å²) in [5, 5.41) is 7.12. The number of carbonyl (C=O) groups excluding carboxylic acids is 1. The SMILES string of the molecule is O=C(NCCn1nc(Br)c(Br)c1Br)c1ccccc1. The van der Waals surface area contributed by atoms with E-state index in [1.165, 1.54) is 0 Å². The third-order valence-electron chi connectivity index (χ3n) is 2.44. The van der Waals surface area contributed by atoms with Crippen molar-refractivity contribution in [2.45, 2.75) is 6.54 Å². The van der Waals surface area contributed by atoms with Crippen LogP contribution in [-0.4, -0.2) is 22.2 Å². The molecule has 1 N–H and O–H groups in total. The van der Waals surface area contributed by atoms with Crippen molar-refractivity contribution in [3.63, 3.8) is 0 Å². The predicted molar refractivity (Wildman–Crippen MR) is 84.1 cm³/mol. The van der Waals surface area contributed by atoms with Crippen molar-refractivity contribution >= 4 is 53.7 Å². The van der Waals surface area contributed by atoms with Crippen LogP contribution in [0.2, 0.25) is 0 Å². The molecule has 0 aliphatic rings. The van der Waals surface area contributed by atoms with Crippen molar-refractivity contribution < 1.29 is 4.79 Å². The van der Waals surface area contributed by atoms with Gasteiger partial charge in [0.15, 0.2) is 0 Å². The summed E-state index contributed by atoms with van der Waals surface area (Å²) in [5.74, 6) is -0.0815. The number of aromatic nitrogens is 2. The lowest BCUT2D eigenvalue weighted by Gasteiger charge is -2.06. The molecule has 0 radical (unpaired) electrons. The number of hydrogen-bond acceptors (Lipinski definition) is 2. The molecule has 0 atom stereocenters. The second-order valence-electron chi connectivity index (χ2n) is 3.74. The van der Waals surface area contributed by atoms with Gasteiger partial charge >= 0.3 is 0 Å². The minimum Gasteiger partial charge on any atom is -0.350 e. The lowest BCUT2D eigenvalue weighted by Crippen LogP contribution is -2.27. The van der Waals surface area contributed by atoms with Gasteiger partial charge in [-0.15, -0.1) is 0 Å². The van der Waals surface area contributed by atoms with Gasteiger partial charge in [-0.2, -0.15) is 5.10 Å². The number of hydrogen-bond donors (Lipinski definition) is 1. The van der Waals surface area contributed by atoms with Crippen LogP contribution in [0.3, 0.4) is 0 Å². The Morgan fingerprint density at radius 3 is 2.47 bits per heavy atom. The Balaban J connectivity index is 1.90. The van der Waals surface area contributed by atoms with Crippen LogP contribution in [0.4, 0.5) is 0 Å². The van der Waals surface area contributed by atoms with Gasteiger partial charge in [0.25, 0.3) is 5.91 Å². The summed E-state index contributed by atoms with van der Waals surface area (Å²) >= 11 is 10.1. The first-order chi connectivity index (χ1) is 9.09. The van der Waals surface area contributed by atoms with Crippen LogP contribution in [0.25, 0.3) is 0 Å². The van der Waals surface area contributed by atoms with E-state index in [1.807, 2.05) is 18.2 Å². The van der Waals surface area contributed by atoms with Gasteiger partial charge in [0, 0.05) is 12.1 Å². The van der Waals surface area contributed by atoms with Gasteiger partial charge in [0.05, 0.1) is 11.0 Å². The molecule has 0 fully saturated rings. The molecule has 19 heavy (non-hydrogen) atoms. The van der Waals surface area contributed by atoms with Gasteiger partial charge in [0.1, 0.15) is 9.21 Å². The summed E-state index contributed by atoms with van der Waals surface area (Å²) in [4.78, 5) is 11.8. The molecular formula is C12H10Br3N3O. The van der Waals surface area contributed by atoms with Crippen LogP contribution in [0, 0.1) is 0 Å². The molecule has 7 heteroatoms. The number of nitrogens with one attached hydrogen (secondary N) is 1. The zero-order valence-corrected chi connectivity index (χ0v) is 14.5. The summed E-state index contributed by atoms with van der Waals surface area (Å²) < 4.78 is 4.20. The van der Waals surface area contributed by atoms with Crippen LogP contribution in [0.1, 0.15) is 10.4 Å². The molecule has 0 aliphatic heterocycles. The van der Waals surface area contributed by atoms with Crippen LogP contribution in [0.5, 0.6) is 0 Å². The van der Waals surface area contributed by atoms with Crippen molar-refractivity contribution in [2.75, 3.05) is 6.54 Å². The van der Waals surface area contributed by atoms with E-state index in [2.05, 4.69) is 58.2 Å². The Bertz CT molecular complexity index is 583. The molecule has 1 aromatic heterocycles. The fourth-order valence-corrected chi connectivity index (χ4v) is 2.88. The molecule has 1 amide bonds. The molecular weight excluding hydrogens is 442 g/mol. The zero-order valence-electron chi connectivity index (χ0n) is 9.74. The molecule has 0 bridgehead atoms. The predicted octanol–water partition coefficient (Wildman–Crippen LogP) is 3.60. The quantitative estimate of drug-likeness (QED) is 0.772. The van der Waals surface area contributed by atoms with Gasteiger partial charge in [-0.25, -0.2) is 0 Å². The second-order valence-corrected chi connectivity index (χ2v) is 6.04. The zero-order chi connectivity index (χ0) is 13.8. The molecule has 4 nitrogen and oxygen atoms in total. The summed E-state index contributed by atoms with van der Waals surface area (Å²) in [6, 6.07) is 9.13. The molecule has 0 saturated carbocycles. The first-order valence-corrected chi connectivity index (χ1v) is 7.88. The highest BCUT2D eigenvalue weighted by Crippen LogP contribution is 2.29. The van der Waals surface area contributed by atoms with Crippen molar-refractivity contribution in [1.82, 2.24) is 15.1 Å². The number of halogens is 3. The minimum absolute atomic E-state index is 0.0815. The molecule has 0 spiro atoms. The molecule has 100 valence electrons. The van der Waals surface area contributed by atoms with E-state index < -0.39 is 0 Å². The highest BCUT2D eigenvalue weighted by Gasteiger charge is 2.11. The van der Waals surface area contributed by atoms with E-state index in [4.69, 9.17) is 0 Å².